The average molecular weight is 280 g/mol. The fourth-order valence-electron chi connectivity index (χ4n) is 1.76. The molecule has 1 aromatic carbocycles. The number of nitrogens with two attached hydrogens (primary N) is 1. The van der Waals surface area contributed by atoms with Crippen molar-refractivity contribution in [3.05, 3.63) is 29.8 Å². The van der Waals surface area contributed by atoms with E-state index in [1.54, 1.807) is 24.3 Å². The van der Waals surface area contributed by atoms with Crippen LogP contribution in [0.25, 0.3) is 0 Å². The SMILES string of the molecule is NNC(=O)c1ccc(NC(=S)N2CCOCC2)cc1. The van der Waals surface area contributed by atoms with Crippen molar-refractivity contribution in [2.45, 2.75) is 0 Å². The summed E-state index contributed by atoms with van der Waals surface area (Å²) in [5.74, 6) is 4.75. The zero-order chi connectivity index (χ0) is 13.7. The third kappa shape index (κ3) is 3.63. The molecule has 0 unspecified atom stereocenters. The molecule has 4 N–H and O–H groups in total. The van der Waals surface area contributed by atoms with E-state index in [1.165, 1.54) is 0 Å². The van der Waals surface area contributed by atoms with Gasteiger partial charge in [-0.2, -0.15) is 0 Å². The number of amides is 1. The summed E-state index contributed by atoms with van der Waals surface area (Å²) < 4.78 is 5.27. The Hall–Kier alpha value is -1.70. The average Bonchev–Trinajstić information content (AvgIpc) is 2.48. The second-order valence-corrected chi connectivity index (χ2v) is 4.47. The molecular weight excluding hydrogens is 264 g/mol. The molecule has 1 aliphatic rings. The molecule has 6 nitrogen and oxygen atoms in total. The Kier molecular flexibility index (Phi) is 4.67. The van der Waals surface area contributed by atoms with E-state index in [2.05, 4.69) is 15.6 Å². The lowest BCUT2D eigenvalue weighted by atomic mass is 10.2. The molecule has 2 rings (SSSR count). The van der Waals surface area contributed by atoms with Crippen molar-refractivity contribution >= 4 is 28.9 Å². The van der Waals surface area contributed by atoms with Crippen LogP contribution in [0.3, 0.4) is 0 Å². The second kappa shape index (κ2) is 6.46. The molecule has 1 aliphatic heterocycles. The lowest BCUT2D eigenvalue weighted by Crippen LogP contribution is -2.42. The highest BCUT2D eigenvalue weighted by atomic mass is 32.1. The largest absolute Gasteiger partial charge is 0.378 e. The number of ether oxygens (including phenoxy) is 1. The normalized spacial score (nSPS) is 14.9. The third-order valence-electron chi connectivity index (χ3n) is 2.83. The number of morpholine rings is 1. The van der Waals surface area contributed by atoms with Gasteiger partial charge in [-0.25, -0.2) is 5.84 Å². The number of nitrogens with zero attached hydrogens (tertiary/aromatic N) is 1. The van der Waals surface area contributed by atoms with E-state index < -0.39 is 0 Å². The summed E-state index contributed by atoms with van der Waals surface area (Å²) in [6.45, 7) is 2.97. The molecule has 0 atom stereocenters. The van der Waals surface area contributed by atoms with Crippen molar-refractivity contribution in [3.63, 3.8) is 0 Å². The lowest BCUT2D eigenvalue weighted by Gasteiger charge is -2.29. The number of carbonyl (C=O) groups is 1. The van der Waals surface area contributed by atoms with Crippen molar-refractivity contribution in [1.82, 2.24) is 10.3 Å². The minimum Gasteiger partial charge on any atom is -0.378 e. The molecule has 0 aliphatic carbocycles. The number of rotatable bonds is 2. The Morgan fingerprint density at radius 2 is 1.89 bits per heavy atom. The van der Waals surface area contributed by atoms with E-state index in [0.29, 0.717) is 23.9 Å². The lowest BCUT2D eigenvalue weighted by molar-refractivity contribution is 0.0690. The maximum Gasteiger partial charge on any atom is 0.265 e. The van der Waals surface area contributed by atoms with Gasteiger partial charge >= 0.3 is 0 Å². The van der Waals surface area contributed by atoms with E-state index in [4.69, 9.17) is 22.8 Å². The number of anilines is 1. The summed E-state index contributed by atoms with van der Waals surface area (Å²) in [7, 11) is 0. The molecule has 1 saturated heterocycles. The molecule has 1 heterocycles. The molecular formula is C12H16N4O2S. The van der Waals surface area contributed by atoms with Crippen LogP contribution in [0.4, 0.5) is 5.69 Å². The van der Waals surface area contributed by atoms with Gasteiger partial charge in [-0.1, -0.05) is 0 Å². The zero-order valence-corrected chi connectivity index (χ0v) is 11.2. The Balaban J connectivity index is 1.95. The number of hydrogen-bond donors (Lipinski definition) is 3. The monoisotopic (exact) mass is 280 g/mol. The van der Waals surface area contributed by atoms with E-state index >= 15 is 0 Å². The zero-order valence-electron chi connectivity index (χ0n) is 10.4. The first kappa shape index (κ1) is 13.7. The first-order chi connectivity index (χ1) is 9.20. The van der Waals surface area contributed by atoms with Crippen molar-refractivity contribution in [3.8, 4) is 0 Å². The van der Waals surface area contributed by atoms with Crippen molar-refractivity contribution in [2.75, 3.05) is 31.6 Å². The standard InChI is InChI=1S/C12H16N4O2S/c13-15-11(17)9-1-3-10(4-2-9)14-12(19)16-5-7-18-8-6-16/h1-4H,5-8,13H2,(H,14,19)(H,15,17). The fraction of sp³-hybridized carbons (Fsp3) is 0.333. The molecule has 0 radical (unpaired) electrons. The maximum absolute atomic E-state index is 11.3. The summed E-state index contributed by atoms with van der Waals surface area (Å²) in [4.78, 5) is 13.3. The summed E-state index contributed by atoms with van der Waals surface area (Å²) >= 11 is 5.32. The molecule has 7 heteroatoms. The maximum atomic E-state index is 11.3. The number of nitrogens with one attached hydrogen (secondary N) is 2. The number of hydrogen-bond acceptors (Lipinski definition) is 4. The third-order valence-corrected chi connectivity index (χ3v) is 3.19. The molecule has 19 heavy (non-hydrogen) atoms. The van der Waals surface area contributed by atoms with Gasteiger partial charge in [-0.15, -0.1) is 0 Å². The predicted octanol–water partition coefficient (Wildman–Crippen LogP) is 0.319. The van der Waals surface area contributed by atoms with Crippen LogP contribution in [0.15, 0.2) is 24.3 Å². The predicted molar refractivity (Wildman–Crippen MR) is 76.7 cm³/mol. The highest BCUT2D eigenvalue weighted by molar-refractivity contribution is 7.80. The molecule has 0 saturated carbocycles. The number of carbonyl (C=O) groups excluding carboxylic acids is 1. The summed E-state index contributed by atoms with van der Waals surface area (Å²) in [5, 5.41) is 3.80. The van der Waals surface area contributed by atoms with Crippen molar-refractivity contribution in [1.29, 1.82) is 0 Å². The smallest absolute Gasteiger partial charge is 0.265 e. The van der Waals surface area contributed by atoms with Crippen LogP contribution in [0.2, 0.25) is 0 Å². The van der Waals surface area contributed by atoms with Crippen LogP contribution in [0.5, 0.6) is 0 Å². The number of hydrazine groups is 1. The van der Waals surface area contributed by atoms with Crippen LogP contribution in [-0.4, -0.2) is 42.2 Å². The molecule has 0 spiro atoms. The number of nitrogen functional groups attached to an aromatic ring is 1. The second-order valence-electron chi connectivity index (χ2n) is 4.08. The molecule has 0 bridgehead atoms. The first-order valence-electron chi connectivity index (χ1n) is 5.95. The highest BCUT2D eigenvalue weighted by Gasteiger charge is 2.13. The molecule has 1 fully saturated rings. The Bertz CT molecular complexity index is 457. The van der Waals surface area contributed by atoms with Gasteiger partial charge in [0.25, 0.3) is 5.91 Å². The van der Waals surface area contributed by atoms with Crippen LogP contribution in [-0.2, 0) is 4.74 Å². The van der Waals surface area contributed by atoms with Crippen LogP contribution >= 0.6 is 12.2 Å². The van der Waals surface area contributed by atoms with Gasteiger partial charge < -0.3 is 15.0 Å². The van der Waals surface area contributed by atoms with Gasteiger partial charge in [-0.3, -0.25) is 10.2 Å². The van der Waals surface area contributed by atoms with Crippen LogP contribution < -0.4 is 16.6 Å². The van der Waals surface area contributed by atoms with E-state index in [-0.39, 0.29) is 5.91 Å². The van der Waals surface area contributed by atoms with Crippen LogP contribution in [0, 0.1) is 0 Å². The van der Waals surface area contributed by atoms with E-state index in [0.717, 1.165) is 18.8 Å². The molecule has 0 aromatic heterocycles. The summed E-state index contributed by atoms with van der Waals surface area (Å²) in [5.41, 5.74) is 3.43. The Morgan fingerprint density at radius 3 is 2.47 bits per heavy atom. The molecule has 102 valence electrons. The summed E-state index contributed by atoms with van der Waals surface area (Å²) in [6, 6.07) is 6.95. The van der Waals surface area contributed by atoms with Gasteiger partial charge in [0.15, 0.2) is 5.11 Å². The van der Waals surface area contributed by atoms with Crippen molar-refractivity contribution in [2.24, 2.45) is 5.84 Å². The first-order valence-corrected chi connectivity index (χ1v) is 6.36. The number of thiocarbonyl (C=S) groups is 1. The number of benzene rings is 1. The van der Waals surface area contributed by atoms with E-state index in [1.807, 2.05) is 0 Å². The van der Waals surface area contributed by atoms with Gasteiger partial charge in [-0.05, 0) is 36.5 Å². The Morgan fingerprint density at radius 1 is 1.26 bits per heavy atom. The molecule has 1 aromatic rings. The highest BCUT2D eigenvalue weighted by Crippen LogP contribution is 2.11. The van der Waals surface area contributed by atoms with Gasteiger partial charge in [0.2, 0.25) is 0 Å². The van der Waals surface area contributed by atoms with Gasteiger partial charge in [0.05, 0.1) is 13.2 Å². The minimum atomic E-state index is -0.317. The topological polar surface area (TPSA) is 79.6 Å². The van der Waals surface area contributed by atoms with Gasteiger partial charge in [0, 0.05) is 24.3 Å². The summed E-state index contributed by atoms with van der Waals surface area (Å²) in [6.07, 6.45) is 0. The van der Waals surface area contributed by atoms with Gasteiger partial charge in [0.1, 0.15) is 0 Å². The molecule has 1 amide bonds. The minimum absolute atomic E-state index is 0.317. The van der Waals surface area contributed by atoms with E-state index in [9.17, 15) is 4.79 Å². The van der Waals surface area contributed by atoms with Crippen LogP contribution in [0.1, 0.15) is 10.4 Å². The quantitative estimate of drug-likeness (QED) is 0.313. The fourth-order valence-corrected chi connectivity index (χ4v) is 2.06. The van der Waals surface area contributed by atoms with Crippen molar-refractivity contribution < 1.29 is 9.53 Å². The Labute approximate surface area is 116 Å².